The van der Waals surface area contributed by atoms with Gasteiger partial charge in [0.2, 0.25) is 5.95 Å². The minimum atomic E-state index is 0.296. The molecule has 1 heterocycles. The Balaban J connectivity index is 2.01. The smallest absolute Gasteiger partial charge is 0.223 e. The van der Waals surface area contributed by atoms with Crippen LogP contribution in [0.1, 0.15) is 18.9 Å². The van der Waals surface area contributed by atoms with Crippen LogP contribution in [0.2, 0.25) is 5.02 Å². The fraction of sp³-hybridized carbons (Fsp3) is 0.286. The van der Waals surface area contributed by atoms with Crippen molar-refractivity contribution in [3.8, 4) is 0 Å². The van der Waals surface area contributed by atoms with E-state index in [4.69, 9.17) is 17.3 Å². The van der Waals surface area contributed by atoms with Crippen LogP contribution in [0.4, 0.5) is 11.8 Å². The third kappa shape index (κ3) is 4.58. The average Bonchev–Trinajstić information content (AvgIpc) is 2.44. The van der Waals surface area contributed by atoms with Crippen molar-refractivity contribution in [3.05, 3.63) is 40.9 Å². The standard InChI is InChI=1S/C14H17ClN4S/c1-2-7-17-12-8-13(19-14(16)18-12)20-9-10-3-5-11(15)6-4-10/h3-6,8H,2,7,9H2,1H3,(H3,16,17,18,19). The third-order valence-corrected chi connectivity index (χ3v) is 3.81. The number of thioether (sulfide) groups is 1. The fourth-order valence-corrected chi connectivity index (χ4v) is 2.58. The molecule has 0 bridgehead atoms. The molecule has 0 atom stereocenters. The molecule has 0 aliphatic heterocycles. The SMILES string of the molecule is CCCNc1cc(SCc2ccc(Cl)cc2)nc(N)n1. The molecule has 106 valence electrons. The van der Waals surface area contributed by atoms with Gasteiger partial charge in [0.25, 0.3) is 0 Å². The lowest BCUT2D eigenvalue weighted by Gasteiger charge is -2.07. The van der Waals surface area contributed by atoms with Gasteiger partial charge in [-0.15, -0.1) is 11.8 Å². The number of hydrogen-bond donors (Lipinski definition) is 2. The van der Waals surface area contributed by atoms with Crippen molar-refractivity contribution in [1.82, 2.24) is 9.97 Å². The first-order chi connectivity index (χ1) is 9.67. The molecule has 6 heteroatoms. The number of hydrogen-bond acceptors (Lipinski definition) is 5. The Morgan fingerprint density at radius 3 is 2.70 bits per heavy atom. The Morgan fingerprint density at radius 2 is 2.00 bits per heavy atom. The molecule has 0 fully saturated rings. The first-order valence-corrected chi connectivity index (χ1v) is 7.79. The maximum Gasteiger partial charge on any atom is 0.223 e. The lowest BCUT2D eigenvalue weighted by Crippen LogP contribution is -2.05. The van der Waals surface area contributed by atoms with Gasteiger partial charge in [0.05, 0.1) is 0 Å². The predicted molar refractivity (Wildman–Crippen MR) is 86.2 cm³/mol. The number of nitrogens with zero attached hydrogens (tertiary/aromatic N) is 2. The van der Waals surface area contributed by atoms with Crippen LogP contribution in [0.25, 0.3) is 0 Å². The summed E-state index contributed by atoms with van der Waals surface area (Å²) in [4.78, 5) is 8.40. The van der Waals surface area contributed by atoms with E-state index in [2.05, 4.69) is 22.2 Å². The molecule has 4 nitrogen and oxygen atoms in total. The first kappa shape index (κ1) is 14.9. The van der Waals surface area contributed by atoms with Crippen LogP contribution in [-0.2, 0) is 5.75 Å². The molecule has 20 heavy (non-hydrogen) atoms. The van der Waals surface area contributed by atoms with E-state index in [9.17, 15) is 0 Å². The van der Waals surface area contributed by atoms with E-state index in [-0.39, 0.29) is 0 Å². The minimum Gasteiger partial charge on any atom is -0.370 e. The van der Waals surface area contributed by atoms with Gasteiger partial charge in [-0.1, -0.05) is 30.7 Å². The normalized spacial score (nSPS) is 10.5. The minimum absolute atomic E-state index is 0.296. The highest BCUT2D eigenvalue weighted by Crippen LogP contribution is 2.24. The molecule has 0 unspecified atom stereocenters. The highest BCUT2D eigenvalue weighted by atomic mass is 35.5. The van der Waals surface area contributed by atoms with E-state index in [1.54, 1.807) is 11.8 Å². The molecule has 3 N–H and O–H groups in total. The summed E-state index contributed by atoms with van der Waals surface area (Å²) >= 11 is 7.49. The van der Waals surface area contributed by atoms with Gasteiger partial charge < -0.3 is 11.1 Å². The Labute approximate surface area is 128 Å². The molecule has 2 rings (SSSR count). The Bertz CT molecular complexity index is 560. The van der Waals surface area contributed by atoms with Crippen LogP contribution < -0.4 is 11.1 Å². The van der Waals surface area contributed by atoms with Gasteiger partial charge in [-0.3, -0.25) is 0 Å². The second-order valence-electron chi connectivity index (χ2n) is 4.29. The number of halogens is 1. The van der Waals surface area contributed by atoms with Gasteiger partial charge in [0, 0.05) is 23.4 Å². The van der Waals surface area contributed by atoms with Crippen molar-refractivity contribution in [2.75, 3.05) is 17.6 Å². The van der Waals surface area contributed by atoms with E-state index in [1.165, 1.54) is 5.56 Å². The van der Waals surface area contributed by atoms with Crippen molar-refractivity contribution >= 4 is 35.1 Å². The van der Waals surface area contributed by atoms with Crippen LogP contribution in [0, 0.1) is 0 Å². The lowest BCUT2D eigenvalue weighted by molar-refractivity contribution is 0.957. The number of aromatic nitrogens is 2. The van der Waals surface area contributed by atoms with Gasteiger partial charge in [-0.05, 0) is 24.1 Å². The van der Waals surface area contributed by atoms with E-state index in [1.807, 2.05) is 30.3 Å². The summed E-state index contributed by atoms with van der Waals surface area (Å²) in [6, 6.07) is 9.72. The molecule has 0 saturated heterocycles. The topological polar surface area (TPSA) is 63.8 Å². The quantitative estimate of drug-likeness (QED) is 0.627. The summed E-state index contributed by atoms with van der Waals surface area (Å²) < 4.78 is 0. The molecule has 0 saturated carbocycles. The maximum atomic E-state index is 5.87. The molecule has 0 radical (unpaired) electrons. The zero-order chi connectivity index (χ0) is 14.4. The number of nitrogens with one attached hydrogen (secondary N) is 1. The molecule has 0 aliphatic rings. The van der Waals surface area contributed by atoms with E-state index in [0.29, 0.717) is 5.95 Å². The van der Waals surface area contributed by atoms with Crippen molar-refractivity contribution in [3.63, 3.8) is 0 Å². The van der Waals surface area contributed by atoms with Crippen LogP contribution in [0.15, 0.2) is 35.4 Å². The highest BCUT2D eigenvalue weighted by molar-refractivity contribution is 7.98. The molecule has 0 amide bonds. The van der Waals surface area contributed by atoms with Crippen LogP contribution >= 0.6 is 23.4 Å². The summed E-state index contributed by atoms with van der Waals surface area (Å²) in [7, 11) is 0. The highest BCUT2D eigenvalue weighted by Gasteiger charge is 2.03. The van der Waals surface area contributed by atoms with E-state index >= 15 is 0 Å². The summed E-state index contributed by atoms with van der Waals surface area (Å²) in [5.74, 6) is 1.89. The molecule has 0 aliphatic carbocycles. The number of anilines is 2. The van der Waals surface area contributed by atoms with Crippen molar-refractivity contribution in [1.29, 1.82) is 0 Å². The first-order valence-electron chi connectivity index (χ1n) is 6.43. The van der Waals surface area contributed by atoms with Gasteiger partial charge in [-0.25, -0.2) is 4.98 Å². The molecule has 0 spiro atoms. The lowest BCUT2D eigenvalue weighted by atomic mass is 10.2. The Morgan fingerprint density at radius 1 is 1.25 bits per heavy atom. The molecule has 1 aromatic heterocycles. The fourth-order valence-electron chi connectivity index (χ4n) is 1.60. The van der Waals surface area contributed by atoms with Gasteiger partial charge in [0.1, 0.15) is 10.8 Å². The van der Waals surface area contributed by atoms with Crippen LogP contribution in [0.5, 0.6) is 0 Å². The third-order valence-electron chi connectivity index (χ3n) is 2.58. The second kappa shape index (κ2) is 7.36. The summed E-state index contributed by atoms with van der Waals surface area (Å²) in [6.45, 7) is 2.98. The van der Waals surface area contributed by atoms with Crippen LogP contribution in [0.3, 0.4) is 0 Å². The Kier molecular flexibility index (Phi) is 5.49. The molecular formula is C14H17ClN4S. The number of nitrogen functional groups attached to an aromatic ring is 1. The number of nitrogens with two attached hydrogens (primary N) is 1. The van der Waals surface area contributed by atoms with Crippen molar-refractivity contribution in [2.24, 2.45) is 0 Å². The molecule has 1 aromatic carbocycles. The second-order valence-corrected chi connectivity index (χ2v) is 5.72. The maximum absolute atomic E-state index is 5.87. The largest absolute Gasteiger partial charge is 0.370 e. The zero-order valence-corrected chi connectivity index (χ0v) is 12.8. The summed E-state index contributed by atoms with van der Waals surface area (Å²) in [5, 5.41) is 4.83. The van der Waals surface area contributed by atoms with Crippen molar-refractivity contribution < 1.29 is 0 Å². The summed E-state index contributed by atoms with van der Waals surface area (Å²) in [6.07, 6.45) is 1.04. The van der Waals surface area contributed by atoms with Gasteiger partial charge in [-0.2, -0.15) is 4.98 Å². The summed E-state index contributed by atoms with van der Waals surface area (Å²) in [5.41, 5.74) is 6.92. The zero-order valence-electron chi connectivity index (χ0n) is 11.3. The molecule has 2 aromatic rings. The predicted octanol–water partition coefficient (Wildman–Crippen LogP) is 3.83. The Hall–Kier alpha value is -1.46. The number of benzene rings is 1. The van der Waals surface area contributed by atoms with Crippen molar-refractivity contribution in [2.45, 2.75) is 24.1 Å². The van der Waals surface area contributed by atoms with Gasteiger partial charge >= 0.3 is 0 Å². The monoisotopic (exact) mass is 308 g/mol. The van der Waals surface area contributed by atoms with Crippen LogP contribution in [-0.4, -0.2) is 16.5 Å². The van der Waals surface area contributed by atoms with E-state index < -0.39 is 0 Å². The molecular weight excluding hydrogens is 292 g/mol. The van der Waals surface area contributed by atoms with Gasteiger partial charge in [0.15, 0.2) is 0 Å². The number of rotatable bonds is 6. The van der Waals surface area contributed by atoms with E-state index in [0.717, 1.165) is 34.6 Å². The average molecular weight is 309 g/mol.